The zero-order valence-corrected chi connectivity index (χ0v) is 12.4. The number of rotatable bonds is 4. The van der Waals surface area contributed by atoms with Crippen LogP contribution in [0.3, 0.4) is 0 Å². The van der Waals surface area contributed by atoms with Crippen molar-refractivity contribution in [1.82, 2.24) is 0 Å². The number of anilines is 1. The van der Waals surface area contributed by atoms with Crippen LogP contribution in [0.4, 0.5) is 5.69 Å². The number of carbonyl (C=O) groups is 2. The second kappa shape index (κ2) is 6.61. The van der Waals surface area contributed by atoms with E-state index in [-0.39, 0.29) is 17.7 Å². The molecule has 0 heterocycles. The fourth-order valence-electron chi connectivity index (χ4n) is 2.76. The van der Waals surface area contributed by atoms with Crippen molar-refractivity contribution >= 4 is 17.6 Å². The molecule has 0 aromatic heterocycles. The van der Waals surface area contributed by atoms with Gasteiger partial charge in [-0.1, -0.05) is 6.07 Å². The minimum Gasteiger partial charge on any atom is -0.495 e. The summed E-state index contributed by atoms with van der Waals surface area (Å²) in [5.41, 5.74) is 1.71. The van der Waals surface area contributed by atoms with Crippen LogP contribution in [0.25, 0.3) is 0 Å². The summed E-state index contributed by atoms with van der Waals surface area (Å²) in [7, 11) is 1.57. The Morgan fingerprint density at radius 3 is 2.38 bits per heavy atom. The molecular weight excluding hydrogens is 270 g/mol. The van der Waals surface area contributed by atoms with Crippen molar-refractivity contribution in [3.8, 4) is 5.75 Å². The largest absolute Gasteiger partial charge is 0.495 e. The number of methoxy groups -OCH3 is 1. The Kier molecular flexibility index (Phi) is 4.83. The normalized spacial score (nSPS) is 21.6. The Balaban J connectivity index is 1.99. The van der Waals surface area contributed by atoms with Gasteiger partial charge in [-0.25, -0.2) is 0 Å². The summed E-state index contributed by atoms with van der Waals surface area (Å²) in [6.07, 6.45) is 2.38. The van der Waals surface area contributed by atoms with Crippen LogP contribution in [0.1, 0.15) is 31.2 Å². The smallest absolute Gasteiger partial charge is 0.306 e. The van der Waals surface area contributed by atoms with E-state index in [0.717, 1.165) is 5.56 Å². The fraction of sp³-hybridized carbons (Fsp3) is 0.500. The maximum Gasteiger partial charge on any atom is 0.306 e. The van der Waals surface area contributed by atoms with E-state index in [2.05, 4.69) is 5.32 Å². The molecule has 1 aromatic carbocycles. The van der Waals surface area contributed by atoms with Crippen LogP contribution >= 0.6 is 0 Å². The Labute approximate surface area is 124 Å². The first-order valence-corrected chi connectivity index (χ1v) is 7.19. The molecule has 1 amide bonds. The van der Waals surface area contributed by atoms with E-state index in [1.807, 2.05) is 25.1 Å². The van der Waals surface area contributed by atoms with Gasteiger partial charge < -0.3 is 15.2 Å². The van der Waals surface area contributed by atoms with Gasteiger partial charge in [0.1, 0.15) is 5.75 Å². The van der Waals surface area contributed by atoms with Gasteiger partial charge in [0.2, 0.25) is 5.91 Å². The molecule has 1 aromatic rings. The molecule has 0 bridgehead atoms. The summed E-state index contributed by atoms with van der Waals surface area (Å²) in [5.74, 6) is -0.599. The summed E-state index contributed by atoms with van der Waals surface area (Å²) in [6, 6.07) is 5.62. The molecule has 0 saturated heterocycles. The molecule has 1 aliphatic rings. The lowest BCUT2D eigenvalue weighted by Crippen LogP contribution is -2.29. The van der Waals surface area contributed by atoms with Crippen molar-refractivity contribution in [2.75, 3.05) is 12.4 Å². The van der Waals surface area contributed by atoms with Gasteiger partial charge in [-0.05, 0) is 50.3 Å². The molecule has 21 heavy (non-hydrogen) atoms. The first-order valence-electron chi connectivity index (χ1n) is 7.19. The number of hydrogen-bond acceptors (Lipinski definition) is 3. The molecule has 1 aliphatic carbocycles. The SMILES string of the molecule is COc1ccc(C)cc1NC(=O)C1CCC(C(=O)O)CC1. The number of aryl methyl sites for hydroxylation is 1. The zero-order chi connectivity index (χ0) is 15.4. The van der Waals surface area contributed by atoms with Gasteiger partial charge in [-0.15, -0.1) is 0 Å². The van der Waals surface area contributed by atoms with Gasteiger partial charge in [0.15, 0.2) is 0 Å². The highest BCUT2D eigenvalue weighted by Crippen LogP contribution is 2.31. The predicted octanol–water partition coefficient (Wildman–Crippen LogP) is 2.83. The Bertz CT molecular complexity index is 533. The van der Waals surface area contributed by atoms with Crippen molar-refractivity contribution in [2.24, 2.45) is 11.8 Å². The van der Waals surface area contributed by atoms with Gasteiger partial charge in [0.25, 0.3) is 0 Å². The molecule has 2 N–H and O–H groups in total. The van der Waals surface area contributed by atoms with Crippen molar-refractivity contribution in [1.29, 1.82) is 0 Å². The van der Waals surface area contributed by atoms with Gasteiger partial charge in [0.05, 0.1) is 18.7 Å². The minimum absolute atomic E-state index is 0.0530. The third kappa shape index (κ3) is 3.74. The molecular formula is C16H21NO4. The molecule has 2 rings (SSSR count). The van der Waals surface area contributed by atoms with Crippen molar-refractivity contribution < 1.29 is 19.4 Å². The van der Waals surface area contributed by atoms with E-state index < -0.39 is 5.97 Å². The number of carbonyl (C=O) groups excluding carboxylic acids is 1. The zero-order valence-electron chi connectivity index (χ0n) is 12.4. The molecule has 0 spiro atoms. The number of amides is 1. The van der Waals surface area contributed by atoms with Crippen LogP contribution in [0, 0.1) is 18.8 Å². The number of nitrogens with one attached hydrogen (secondary N) is 1. The Hall–Kier alpha value is -2.04. The van der Waals surface area contributed by atoms with Crippen molar-refractivity contribution in [3.05, 3.63) is 23.8 Å². The standard InChI is InChI=1S/C16H21NO4/c1-10-3-8-14(21-2)13(9-10)17-15(18)11-4-6-12(7-5-11)16(19)20/h3,8-9,11-12H,4-7H2,1-2H3,(H,17,18)(H,19,20). The second-order valence-electron chi connectivity index (χ2n) is 5.58. The lowest BCUT2D eigenvalue weighted by atomic mass is 9.81. The number of ether oxygens (including phenoxy) is 1. The van der Waals surface area contributed by atoms with Crippen LogP contribution in [-0.2, 0) is 9.59 Å². The molecule has 5 heteroatoms. The number of aliphatic carboxylic acids is 1. The Morgan fingerprint density at radius 1 is 1.19 bits per heavy atom. The third-order valence-electron chi connectivity index (χ3n) is 4.06. The van der Waals surface area contributed by atoms with Crippen LogP contribution in [0.15, 0.2) is 18.2 Å². The van der Waals surface area contributed by atoms with E-state index in [9.17, 15) is 9.59 Å². The van der Waals surface area contributed by atoms with Gasteiger partial charge in [0, 0.05) is 5.92 Å². The Morgan fingerprint density at radius 2 is 1.81 bits per heavy atom. The van der Waals surface area contributed by atoms with E-state index in [1.165, 1.54) is 0 Å². The summed E-state index contributed by atoms with van der Waals surface area (Å²) >= 11 is 0. The highest BCUT2D eigenvalue weighted by molar-refractivity contribution is 5.94. The minimum atomic E-state index is -0.755. The maximum absolute atomic E-state index is 12.3. The van der Waals surface area contributed by atoms with Gasteiger partial charge in [-0.3, -0.25) is 9.59 Å². The first-order chi connectivity index (χ1) is 10.0. The van der Waals surface area contributed by atoms with E-state index in [1.54, 1.807) is 7.11 Å². The summed E-state index contributed by atoms with van der Waals surface area (Å²) < 4.78 is 5.24. The molecule has 0 radical (unpaired) electrons. The predicted molar refractivity (Wildman–Crippen MR) is 79.4 cm³/mol. The lowest BCUT2D eigenvalue weighted by molar-refractivity contribution is -0.143. The van der Waals surface area contributed by atoms with E-state index in [4.69, 9.17) is 9.84 Å². The monoisotopic (exact) mass is 291 g/mol. The van der Waals surface area contributed by atoms with Crippen molar-refractivity contribution in [2.45, 2.75) is 32.6 Å². The van der Waals surface area contributed by atoms with Crippen LogP contribution < -0.4 is 10.1 Å². The van der Waals surface area contributed by atoms with Crippen LogP contribution in [-0.4, -0.2) is 24.1 Å². The lowest BCUT2D eigenvalue weighted by Gasteiger charge is -2.25. The molecule has 0 unspecified atom stereocenters. The average Bonchev–Trinajstić information content (AvgIpc) is 2.47. The number of carboxylic acid groups (broad SMARTS) is 1. The van der Waals surface area contributed by atoms with Crippen molar-refractivity contribution in [3.63, 3.8) is 0 Å². The third-order valence-corrected chi connectivity index (χ3v) is 4.06. The maximum atomic E-state index is 12.3. The summed E-state index contributed by atoms with van der Waals surface area (Å²) in [4.78, 5) is 23.2. The molecule has 0 aliphatic heterocycles. The molecule has 114 valence electrons. The quantitative estimate of drug-likeness (QED) is 0.894. The number of benzene rings is 1. The van der Waals surface area contributed by atoms with Gasteiger partial charge >= 0.3 is 5.97 Å². The van der Waals surface area contributed by atoms with E-state index in [0.29, 0.717) is 37.1 Å². The molecule has 0 atom stereocenters. The number of carboxylic acids is 1. The topological polar surface area (TPSA) is 75.6 Å². The van der Waals surface area contributed by atoms with Crippen LogP contribution in [0.2, 0.25) is 0 Å². The average molecular weight is 291 g/mol. The van der Waals surface area contributed by atoms with Gasteiger partial charge in [-0.2, -0.15) is 0 Å². The highest BCUT2D eigenvalue weighted by Gasteiger charge is 2.30. The fourth-order valence-corrected chi connectivity index (χ4v) is 2.76. The summed E-state index contributed by atoms with van der Waals surface area (Å²) in [5, 5.41) is 11.9. The first kappa shape index (κ1) is 15.4. The van der Waals surface area contributed by atoms with Crippen LogP contribution in [0.5, 0.6) is 5.75 Å². The second-order valence-corrected chi connectivity index (χ2v) is 5.58. The molecule has 1 saturated carbocycles. The van der Waals surface area contributed by atoms with E-state index >= 15 is 0 Å². The molecule has 5 nitrogen and oxygen atoms in total. The number of hydrogen-bond donors (Lipinski definition) is 2. The molecule has 1 fully saturated rings. The summed E-state index contributed by atoms with van der Waals surface area (Å²) in [6.45, 7) is 1.95. The highest BCUT2D eigenvalue weighted by atomic mass is 16.5.